The summed E-state index contributed by atoms with van der Waals surface area (Å²) in [4.78, 5) is 16.5. The monoisotopic (exact) mass is 310 g/mol. The molecule has 6 heteroatoms. The molecule has 0 unspecified atom stereocenters. The van der Waals surface area contributed by atoms with Crippen LogP contribution < -0.4 is 5.32 Å². The first kappa shape index (κ1) is 15.6. The van der Waals surface area contributed by atoms with E-state index in [0.717, 1.165) is 10.9 Å². The Hall–Kier alpha value is -1.82. The number of nitrogens with one attached hydrogen (secondary N) is 1. The molecule has 1 aromatic heterocycles. The van der Waals surface area contributed by atoms with Gasteiger partial charge in [-0.2, -0.15) is 0 Å². The van der Waals surface area contributed by atoms with E-state index in [1.165, 1.54) is 23.5 Å². The van der Waals surface area contributed by atoms with Crippen LogP contribution in [0.4, 0.5) is 13.9 Å². The molecule has 1 amide bonds. The van der Waals surface area contributed by atoms with Gasteiger partial charge in [-0.25, -0.2) is 13.8 Å². The molecule has 0 saturated carbocycles. The van der Waals surface area contributed by atoms with E-state index in [2.05, 4.69) is 10.3 Å². The maximum Gasteiger partial charge on any atom is 0.226 e. The highest BCUT2D eigenvalue weighted by atomic mass is 32.1. The van der Waals surface area contributed by atoms with Crippen molar-refractivity contribution in [3.8, 4) is 0 Å². The summed E-state index contributed by atoms with van der Waals surface area (Å²) in [5, 5.41) is 3.22. The molecule has 2 rings (SSSR count). The summed E-state index contributed by atoms with van der Waals surface area (Å²) < 4.78 is 26.4. The lowest BCUT2D eigenvalue weighted by Gasteiger charge is -2.03. The van der Waals surface area contributed by atoms with Gasteiger partial charge in [-0.3, -0.25) is 4.79 Å². The van der Waals surface area contributed by atoms with Crippen LogP contribution in [0.25, 0.3) is 0 Å². The topological polar surface area (TPSA) is 42.0 Å². The minimum Gasteiger partial charge on any atom is -0.302 e. The van der Waals surface area contributed by atoms with Crippen molar-refractivity contribution in [2.75, 3.05) is 5.32 Å². The molecule has 0 atom stereocenters. The number of thiazole rings is 1. The van der Waals surface area contributed by atoms with Gasteiger partial charge in [0.15, 0.2) is 5.13 Å². The molecular formula is C15H16F2N2OS. The largest absolute Gasteiger partial charge is 0.302 e. The van der Waals surface area contributed by atoms with E-state index in [-0.39, 0.29) is 11.8 Å². The number of hydrogen-bond donors (Lipinski definition) is 1. The van der Waals surface area contributed by atoms with Crippen molar-refractivity contribution in [1.82, 2.24) is 4.98 Å². The number of anilines is 1. The van der Waals surface area contributed by atoms with Crippen LogP contribution in [0, 0.1) is 17.6 Å². The Morgan fingerprint density at radius 2 is 2.14 bits per heavy atom. The van der Waals surface area contributed by atoms with Crippen molar-refractivity contribution in [3.63, 3.8) is 0 Å². The number of amides is 1. The van der Waals surface area contributed by atoms with Crippen molar-refractivity contribution < 1.29 is 13.6 Å². The lowest BCUT2D eigenvalue weighted by molar-refractivity contribution is -0.116. The fourth-order valence-corrected chi connectivity index (χ4v) is 2.69. The molecule has 0 saturated heterocycles. The first-order valence-corrected chi connectivity index (χ1v) is 7.44. The molecular weight excluding hydrogens is 294 g/mol. The average Bonchev–Trinajstić information content (AvgIpc) is 2.79. The van der Waals surface area contributed by atoms with Gasteiger partial charge >= 0.3 is 0 Å². The summed E-state index contributed by atoms with van der Waals surface area (Å²) in [6, 6.07) is 3.51. The Bertz CT molecular complexity index is 640. The molecule has 0 bridgehead atoms. The molecule has 3 nitrogen and oxygen atoms in total. The Balaban J connectivity index is 2.01. The SMILES string of the molecule is CC(C)CC(=O)Nc1ncc(Cc2ccc(F)cc2F)s1. The molecule has 1 aromatic carbocycles. The zero-order valence-electron chi connectivity index (χ0n) is 11.8. The summed E-state index contributed by atoms with van der Waals surface area (Å²) in [7, 11) is 0. The summed E-state index contributed by atoms with van der Waals surface area (Å²) in [5.74, 6) is -0.979. The lowest BCUT2D eigenvalue weighted by Crippen LogP contribution is -2.13. The van der Waals surface area contributed by atoms with Gasteiger partial charge in [0.1, 0.15) is 11.6 Å². The third-order valence-electron chi connectivity index (χ3n) is 2.77. The van der Waals surface area contributed by atoms with Gasteiger partial charge in [0.2, 0.25) is 5.91 Å². The number of halogens is 2. The maximum atomic E-state index is 13.6. The number of aromatic nitrogens is 1. The first-order valence-electron chi connectivity index (χ1n) is 6.62. The fourth-order valence-electron chi connectivity index (χ4n) is 1.84. The van der Waals surface area contributed by atoms with Crippen LogP contribution >= 0.6 is 11.3 Å². The van der Waals surface area contributed by atoms with Crippen LogP contribution in [0.15, 0.2) is 24.4 Å². The van der Waals surface area contributed by atoms with E-state index >= 15 is 0 Å². The summed E-state index contributed by atoms with van der Waals surface area (Å²) in [6.45, 7) is 3.92. The van der Waals surface area contributed by atoms with Crippen molar-refractivity contribution in [3.05, 3.63) is 46.5 Å². The van der Waals surface area contributed by atoms with Crippen molar-refractivity contribution in [1.29, 1.82) is 0 Å². The molecule has 0 radical (unpaired) electrons. The van der Waals surface area contributed by atoms with Crippen LogP contribution in [0.2, 0.25) is 0 Å². The second-order valence-corrected chi connectivity index (χ2v) is 6.31. The van der Waals surface area contributed by atoms with Crippen LogP contribution in [-0.2, 0) is 11.2 Å². The third kappa shape index (κ3) is 4.60. The second-order valence-electron chi connectivity index (χ2n) is 5.19. The highest BCUT2D eigenvalue weighted by Crippen LogP contribution is 2.23. The van der Waals surface area contributed by atoms with Crippen molar-refractivity contribution in [2.45, 2.75) is 26.7 Å². The number of carbonyl (C=O) groups excluding carboxylic acids is 1. The van der Waals surface area contributed by atoms with E-state index < -0.39 is 11.6 Å². The summed E-state index contributed by atoms with van der Waals surface area (Å²) >= 11 is 1.29. The normalized spacial score (nSPS) is 10.9. The maximum absolute atomic E-state index is 13.6. The number of benzene rings is 1. The molecule has 0 fully saturated rings. The minimum absolute atomic E-state index is 0.0844. The smallest absolute Gasteiger partial charge is 0.226 e. The van der Waals surface area contributed by atoms with Crippen LogP contribution in [0.3, 0.4) is 0 Å². The second kappa shape index (κ2) is 6.76. The third-order valence-corrected chi connectivity index (χ3v) is 3.69. The van der Waals surface area contributed by atoms with E-state index in [1.54, 1.807) is 6.20 Å². The van der Waals surface area contributed by atoms with Gasteiger partial charge in [-0.15, -0.1) is 11.3 Å². The number of nitrogens with zero attached hydrogens (tertiary/aromatic N) is 1. The molecule has 2 aromatic rings. The predicted molar refractivity (Wildman–Crippen MR) is 79.4 cm³/mol. The first-order chi connectivity index (χ1) is 9.94. The predicted octanol–water partition coefficient (Wildman–Crippen LogP) is 4.00. The van der Waals surface area contributed by atoms with Crippen LogP contribution in [0.5, 0.6) is 0 Å². The van der Waals surface area contributed by atoms with E-state index in [0.29, 0.717) is 23.5 Å². The number of rotatable bonds is 5. The van der Waals surface area contributed by atoms with Crippen molar-refractivity contribution >= 4 is 22.4 Å². The van der Waals surface area contributed by atoms with Crippen LogP contribution in [-0.4, -0.2) is 10.9 Å². The fraction of sp³-hybridized carbons (Fsp3) is 0.333. The molecule has 0 spiro atoms. The van der Waals surface area contributed by atoms with E-state index in [1.807, 2.05) is 13.8 Å². The van der Waals surface area contributed by atoms with E-state index in [4.69, 9.17) is 0 Å². The number of carbonyl (C=O) groups is 1. The van der Waals surface area contributed by atoms with Gasteiger partial charge in [0.05, 0.1) is 0 Å². The zero-order valence-corrected chi connectivity index (χ0v) is 12.6. The molecule has 1 heterocycles. The highest BCUT2D eigenvalue weighted by Gasteiger charge is 2.10. The standard InChI is InChI=1S/C15H16F2N2OS/c1-9(2)5-14(20)19-15-18-8-12(21-15)6-10-3-4-11(16)7-13(10)17/h3-4,7-9H,5-6H2,1-2H3,(H,18,19,20). The zero-order chi connectivity index (χ0) is 15.4. The van der Waals surface area contributed by atoms with Gasteiger partial charge in [-0.1, -0.05) is 19.9 Å². The average molecular weight is 310 g/mol. The van der Waals surface area contributed by atoms with Crippen molar-refractivity contribution in [2.24, 2.45) is 5.92 Å². The highest BCUT2D eigenvalue weighted by molar-refractivity contribution is 7.15. The molecule has 0 aliphatic heterocycles. The molecule has 0 aliphatic carbocycles. The van der Waals surface area contributed by atoms with Crippen LogP contribution in [0.1, 0.15) is 30.7 Å². The Morgan fingerprint density at radius 1 is 1.38 bits per heavy atom. The minimum atomic E-state index is -0.595. The molecule has 0 aliphatic rings. The summed E-state index contributed by atoms with van der Waals surface area (Å²) in [5.41, 5.74) is 0.403. The van der Waals surface area contributed by atoms with Gasteiger partial charge in [0, 0.05) is 30.0 Å². The van der Waals surface area contributed by atoms with Gasteiger partial charge in [-0.05, 0) is 17.5 Å². The Morgan fingerprint density at radius 3 is 2.81 bits per heavy atom. The lowest BCUT2D eigenvalue weighted by atomic mass is 10.1. The Kier molecular flexibility index (Phi) is 5.01. The van der Waals surface area contributed by atoms with Gasteiger partial charge < -0.3 is 5.32 Å². The quantitative estimate of drug-likeness (QED) is 0.907. The van der Waals surface area contributed by atoms with E-state index in [9.17, 15) is 13.6 Å². The molecule has 21 heavy (non-hydrogen) atoms. The summed E-state index contributed by atoms with van der Waals surface area (Å²) in [6.07, 6.45) is 2.35. The number of hydrogen-bond acceptors (Lipinski definition) is 3. The molecule has 112 valence electrons. The Labute approximate surface area is 126 Å². The van der Waals surface area contributed by atoms with Gasteiger partial charge in [0.25, 0.3) is 0 Å². The molecule has 1 N–H and O–H groups in total.